The summed E-state index contributed by atoms with van der Waals surface area (Å²) in [5, 5.41) is 7.31. The predicted octanol–water partition coefficient (Wildman–Crippen LogP) is 3.64. The smallest absolute Gasteiger partial charge is 0.0697 e. The van der Waals surface area contributed by atoms with E-state index in [1.807, 2.05) is 24.7 Å². The fraction of sp³-hybridized carbons (Fsp3) is 0.389. The molecule has 0 bridgehead atoms. The molecule has 0 saturated heterocycles. The molecule has 4 heteroatoms. The first kappa shape index (κ1) is 13.4. The van der Waals surface area contributed by atoms with Crippen LogP contribution in [0.15, 0.2) is 47.4 Å². The standard InChI is InChI=1S/C18H20N4/c1-3-14(12-19-8-1)18-15(4-2-9-20-18)16(11-13-5-6-13)17-7-10-21-22-17/h1,3,7-8,10,12-13H,2,4-6,9,11H2,(H,21,22). The van der Waals surface area contributed by atoms with Crippen LogP contribution in [0.25, 0.3) is 5.57 Å². The van der Waals surface area contributed by atoms with Gasteiger partial charge in [-0.05, 0) is 67.4 Å². The van der Waals surface area contributed by atoms with Crippen LogP contribution in [0.1, 0.15) is 43.4 Å². The van der Waals surface area contributed by atoms with Crippen molar-refractivity contribution >= 4 is 11.3 Å². The van der Waals surface area contributed by atoms with Gasteiger partial charge in [0.2, 0.25) is 0 Å². The molecule has 1 saturated carbocycles. The zero-order valence-electron chi connectivity index (χ0n) is 12.6. The van der Waals surface area contributed by atoms with Crippen molar-refractivity contribution in [2.45, 2.75) is 32.1 Å². The number of hydrogen-bond donors (Lipinski definition) is 1. The second-order valence-corrected chi connectivity index (χ2v) is 6.15. The highest BCUT2D eigenvalue weighted by Gasteiger charge is 2.27. The molecule has 0 atom stereocenters. The third-order valence-electron chi connectivity index (χ3n) is 4.46. The lowest BCUT2D eigenvalue weighted by Crippen LogP contribution is -2.14. The molecule has 1 aliphatic carbocycles. The number of H-pyrrole nitrogens is 1. The minimum atomic E-state index is 0.836. The Morgan fingerprint density at radius 3 is 2.91 bits per heavy atom. The van der Waals surface area contributed by atoms with Gasteiger partial charge in [0.1, 0.15) is 0 Å². The SMILES string of the molecule is c1cncc(C2=NCCCC2=C(CC2CC2)c2ccn[nH]2)c1. The van der Waals surface area contributed by atoms with Crippen molar-refractivity contribution < 1.29 is 0 Å². The largest absolute Gasteiger partial charge is 0.284 e. The fourth-order valence-corrected chi connectivity index (χ4v) is 3.15. The topological polar surface area (TPSA) is 53.9 Å². The highest BCUT2D eigenvalue weighted by Crippen LogP contribution is 2.40. The third kappa shape index (κ3) is 2.73. The van der Waals surface area contributed by atoms with Gasteiger partial charge in [0.15, 0.2) is 0 Å². The Hall–Kier alpha value is -2.23. The molecule has 2 aliphatic rings. The van der Waals surface area contributed by atoms with Gasteiger partial charge in [-0.1, -0.05) is 0 Å². The first-order valence-electron chi connectivity index (χ1n) is 8.09. The van der Waals surface area contributed by atoms with Crippen LogP contribution in [0.4, 0.5) is 0 Å². The number of rotatable bonds is 4. The van der Waals surface area contributed by atoms with E-state index in [-0.39, 0.29) is 0 Å². The number of aromatic nitrogens is 3. The van der Waals surface area contributed by atoms with Crippen molar-refractivity contribution in [2.24, 2.45) is 10.9 Å². The van der Waals surface area contributed by atoms with Gasteiger partial charge in [0.05, 0.1) is 11.4 Å². The van der Waals surface area contributed by atoms with Gasteiger partial charge < -0.3 is 0 Å². The lowest BCUT2D eigenvalue weighted by Gasteiger charge is -2.20. The lowest BCUT2D eigenvalue weighted by atomic mass is 9.88. The Labute approximate surface area is 130 Å². The summed E-state index contributed by atoms with van der Waals surface area (Å²) < 4.78 is 0. The molecule has 4 rings (SSSR count). The summed E-state index contributed by atoms with van der Waals surface area (Å²) in [6, 6.07) is 6.18. The highest BCUT2D eigenvalue weighted by atomic mass is 15.1. The second-order valence-electron chi connectivity index (χ2n) is 6.15. The minimum absolute atomic E-state index is 0.836. The van der Waals surface area contributed by atoms with Crippen molar-refractivity contribution in [3.05, 3.63) is 53.6 Å². The van der Waals surface area contributed by atoms with E-state index >= 15 is 0 Å². The molecule has 0 amide bonds. The Bertz CT molecular complexity index is 694. The monoisotopic (exact) mass is 292 g/mol. The Morgan fingerprint density at radius 2 is 2.18 bits per heavy atom. The molecule has 4 nitrogen and oxygen atoms in total. The zero-order chi connectivity index (χ0) is 14.8. The molecule has 1 fully saturated rings. The van der Waals surface area contributed by atoms with E-state index in [4.69, 9.17) is 4.99 Å². The van der Waals surface area contributed by atoms with Crippen LogP contribution in [0.5, 0.6) is 0 Å². The summed E-state index contributed by atoms with van der Waals surface area (Å²) in [5.41, 5.74) is 6.20. The van der Waals surface area contributed by atoms with Gasteiger partial charge in [0, 0.05) is 30.7 Å². The van der Waals surface area contributed by atoms with Gasteiger partial charge >= 0.3 is 0 Å². The quantitative estimate of drug-likeness (QED) is 0.935. The maximum absolute atomic E-state index is 4.82. The van der Waals surface area contributed by atoms with Crippen LogP contribution in [0, 0.1) is 5.92 Å². The Balaban J connectivity index is 1.80. The van der Waals surface area contributed by atoms with E-state index in [0.717, 1.165) is 48.7 Å². The van der Waals surface area contributed by atoms with E-state index in [1.165, 1.54) is 24.0 Å². The van der Waals surface area contributed by atoms with Crippen LogP contribution >= 0.6 is 0 Å². The minimum Gasteiger partial charge on any atom is -0.284 e. The Kier molecular flexibility index (Phi) is 3.59. The molecule has 0 aromatic carbocycles. The number of aliphatic imine (C=N–C) groups is 1. The molecular formula is C18H20N4. The molecule has 0 spiro atoms. The van der Waals surface area contributed by atoms with Gasteiger partial charge in [0.25, 0.3) is 0 Å². The molecule has 1 N–H and O–H groups in total. The highest BCUT2D eigenvalue weighted by molar-refractivity contribution is 6.16. The summed E-state index contributed by atoms with van der Waals surface area (Å²) in [6.07, 6.45) is 11.6. The third-order valence-corrected chi connectivity index (χ3v) is 4.46. The number of nitrogens with one attached hydrogen (secondary N) is 1. The average molecular weight is 292 g/mol. The summed E-state index contributed by atoms with van der Waals surface area (Å²) in [7, 11) is 0. The average Bonchev–Trinajstić information content (AvgIpc) is 3.25. The fourth-order valence-electron chi connectivity index (χ4n) is 3.15. The molecule has 0 radical (unpaired) electrons. The van der Waals surface area contributed by atoms with E-state index in [0.29, 0.717) is 0 Å². The molecule has 112 valence electrons. The summed E-state index contributed by atoms with van der Waals surface area (Å²) in [6.45, 7) is 0.910. The van der Waals surface area contributed by atoms with Crippen molar-refractivity contribution in [3.63, 3.8) is 0 Å². The Morgan fingerprint density at radius 1 is 1.23 bits per heavy atom. The van der Waals surface area contributed by atoms with Crippen LogP contribution in [-0.2, 0) is 0 Å². The maximum Gasteiger partial charge on any atom is 0.0697 e. The molecule has 3 heterocycles. The summed E-state index contributed by atoms with van der Waals surface area (Å²) >= 11 is 0. The second kappa shape index (κ2) is 5.87. The van der Waals surface area contributed by atoms with Crippen molar-refractivity contribution in [3.8, 4) is 0 Å². The molecular weight excluding hydrogens is 272 g/mol. The molecule has 22 heavy (non-hydrogen) atoms. The number of allylic oxidation sites excluding steroid dienone is 2. The summed E-state index contributed by atoms with van der Waals surface area (Å²) in [4.78, 5) is 9.09. The molecule has 2 aromatic heterocycles. The van der Waals surface area contributed by atoms with Crippen molar-refractivity contribution in [1.82, 2.24) is 15.2 Å². The maximum atomic E-state index is 4.82. The van der Waals surface area contributed by atoms with Crippen LogP contribution < -0.4 is 0 Å². The van der Waals surface area contributed by atoms with Crippen LogP contribution in [-0.4, -0.2) is 27.4 Å². The molecule has 0 unspecified atom stereocenters. The van der Waals surface area contributed by atoms with Crippen molar-refractivity contribution in [1.29, 1.82) is 0 Å². The van der Waals surface area contributed by atoms with Gasteiger partial charge in [-0.3, -0.25) is 15.1 Å². The van der Waals surface area contributed by atoms with E-state index in [1.54, 1.807) is 0 Å². The number of hydrogen-bond acceptors (Lipinski definition) is 3. The van der Waals surface area contributed by atoms with E-state index in [2.05, 4.69) is 27.3 Å². The van der Waals surface area contributed by atoms with Crippen LogP contribution in [0.3, 0.4) is 0 Å². The lowest BCUT2D eigenvalue weighted by molar-refractivity contribution is 0.801. The van der Waals surface area contributed by atoms with Gasteiger partial charge in [-0.15, -0.1) is 0 Å². The molecule has 2 aromatic rings. The first-order valence-corrected chi connectivity index (χ1v) is 8.09. The van der Waals surface area contributed by atoms with E-state index < -0.39 is 0 Å². The molecule has 1 aliphatic heterocycles. The first-order chi connectivity index (χ1) is 10.9. The zero-order valence-corrected chi connectivity index (χ0v) is 12.6. The van der Waals surface area contributed by atoms with Gasteiger partial charge in [-0.2, -0.15) is 5.10 Å². The number of pyridine rings is 1. The number of nitrogens with zero attached hydrogens (tertiary/aromatic N) is 3. The van der Waals surface area contributed by atoms with E-state index in [9.17, 15) is 0 Å². The normalized spacial score (nSPS) is 20.6. The van der Waals surface area contributed by atoms with Crippen LogP contribution in [0.2, 0.25) is 0 Å². The predicted molar refractivity (Wildman–Crippen MR) is 87.7 cm³/mol. The number of aromatic amines is 1. The summed E-state index contributed by atoms with van der Waals surface area (Å²) in [5.74, 6) is 0.836. The van der Waals surface area contributed by atoms with Crippen molar-refractivity contribution in [2.75, 3.05) is 6.54 Å². The van der Waals surface area contributed by atoms with Gasteiger partial charge in [-0.25, -0.2) is 0 Å².